The first-order valence-corrected chi connectivity index (χ1v) is 6.77. The average Bonchev–Trinajstić information content (AvgIpc) is 2.96. The van der Waals surface area contributed by atoms with Gasteiger partial charge >= 0.3 is 6.09 Å². The van der Waals surface area contributed by atoms with Gasteiger partial charge in [-0.25, -0.2) is 13.6 Å². The number of hydrogen-bond donors (Lipinski definition) is 1. The van der Waals surface area contributed by atoms with Gasteiger partial charge in [0.15, 0.2) is 0 Å². The van der Waals surface area contributed by atoms with E-state index in [2.05, 4.69) is 0 Å². The molecule has 0 saturated heterocycles. The van der Waals surface area contributed by atoms with Gasteiger partial charge in [0.1, 0.15) is 11.6 Å². The fourth-order valence-corrected chi connectivity index (χ4v) is 2.65. The maximum atomic E-state index is 13.9. The highest BCUT2D eigenvalue weighted by Gasteiger charge is 2.31. The van der Waals surface area contributed by atoms with Gasteiger partial charge in [-0.15, -0.1) is 0 Å². The second-order valence-corrected chi connectivity index (χ2v) is 5.08. The Morgan fingerprint density at radius 1 is 1.14 bits per heavy atom. The molecule has 1 atom stereocenters. The molecule has 3 rings (SSSR count). The average molecular weight is 301 g/mol. The van der Waals surface area contributed by atoms with Gasteiger partial charge in [-0.3, -0.25) is 4.90 Å². The van der Waals surface area contributed by atoms with Crippen LogP contribution in [0.4, 0.5) is 13.6 Å². The Morgan fingerprint density at radius 2 is 1.86 bits per heavy atom. The number of benzene rings is 2. The predicted octanol–water partition coefficient (Wildman–Crippen LogP) is 4.08. The van der Waals surface area contributed by atoms with Crippen molar-refractivity contribution in [2.24, 2.45) is 0 Å². The summed E-state index contributed by atoms with van der Waals surface area (Å²) in [7, 11) is 0. The van der Waals surface area contributed by atoms with Crippen LogP contribution in [0.5, 0.6) is 0 Å². The van der Waals surface area contributed by atoms with Gasteiger partial charge in [-0.05, 0) is 29.3 Å². The zero-order valence-electron chi connectivity index (χ0n) is 11.5. The third-order valence-corrected chi connectivity index (χ3v) is 3.70. The summed E-state index contributed by atoms with van der Waals surface area (Å²) in [5.74, 6) is -1.12. The molecule has 0 saturated carbocycles. The van der Waals surface area contributed by atoms with Gasteiger partial charge in [-0.1, -0.05) is 36.4 Å². The highest BCUT2D eigenvalue weighted by atomic mass is 19.1. The molecule has 22 heavy (non-hydrogen) atoms. The first-order chi connectivity index (χ1) is 10.6. The van der Waals surface area contributed by atoms with Crippen molar-refractivity contribution < 1.29 is 18.7 Å². The van der Waals surface area contributed by atoms with E-state index in [9.17, 15) is 18.7 Å². The van der Waals surface area contributed by atoms with Crippen LogP contribution in [-0.2, 0) is 0 Å². The molecule has 0 unspecified atom stereocenters. The minimum atomic E-state index is -1.10. The number of carbonyl (C=O) groups is 1. The maximum absolute atomic E-state index is 13.9. The number of rotatable bonds is 2. The van der Waals surface area contributed by atoms with Crippen LogP contribution in [0.25, 0.3) is 5.57 Å². The molecule has 2 aromatic carbocycles. The van der Waals surface area contributed by atoms with Gasteiger partial charge in [0, 0.05) is 5.56 Å². The third kappa shape index (κ3) is 2.57. The standard InChI is InChI=1S/C17H13F2NO2/c18-13-6-7-15(19)14(9-13)12-8-16(20(10-12)17(21)22)11-4-2-1-3-5-11/h1-9,16H,10H2,(H,21,22)/t16-/m0/s1. The molecule has 0 radical (unpaired) electrons. The number of amides is 1. The number of nitrogens with zero attached hydrogens (tertiary/aromatic N) is 1. The molecule has 0 bridgehead atoms. The van der Waals surface area contributed by atoms with E-state index in [0.29, 0.717) is 5.57 Å². The van der Waals surface area contributed by atoms with Crippen molar-refractivity contribution in [3.8, 4) is 0 Å². The second kappa shape index (κ2) is 5.60. The second-order valence-electron chi connectivity index (χ2n) is 5.08. The lowest BCUT2D eigenvalue weighted by Gasteiger charge is -2.21. The molecule has 3 nitrogen and oxygen atoms in total. The van der Waals surface area contributed by atoms with Crippen LogP contribution in [0.1, 0.15) is 17.2 Å². The minimum absolute atomic E-state index is 0.0231. The van der Waals surface area contributed by atoms with Crippen LogP contribution in [0, 0.1) is 11.6 Å². The molecule has 2 aromatic rings. The fourth-order valence-electron chi connectivity index (χ4n) is 2.65. The summed E-state index contributed by atoms with van der Waals surface area (Å²) in [6.45, 7) is 0.0231. The van der Waals surface area contributed by atoms with Crippen molar-refractivity contribution in [1.29, 1.82) is 0 Å². The Kier molecular flexibility index (Phi) is 3.63. The van der Waals surface area contributed by atoms with Gasteiger partial charge < -0.3 is 5.11 Å². The van der Waals surface area contributed by atoms with Gasteiger partial charge in [0.25, 0.3) is 0 Å². The topological polar surface area (TPSA) is 40.5 Å². The van der Waals surface area contributed by atoms with Gasteiger partial charge in [-0.2, -0.15) is 0 Å². The lowest BCUT2D eigenvalue weighted by Crippen LogP contribution is -2.29. The summed E-state index contributed by atoms with van der Waals surface area (Å²) in [6, 6.07) is 11.7. The quantitative estimate of drug-likeness (QED) is 0.908. The lowest BCUT2D eigenvalue weighted by atomic mass is 10.0. The Balaban J connectivity index is 2.03. The molecule has 1 N–H and O–H groups in total. The summed E-state index contributed by atoms with van der Waals surface area (Å²) >= 11 is 0. The normalized spacial score (nSPS) is 17.5. The SMILES string of the molecule is O=C(O)N1CC(c2cc(F)ccc2F)=C[C@H]1c1ccccc1. The molecule has 0 fully saturated rings. The predicted molar refractivity (Wildman–Crippen MR) is 78.2 cm³/mol. The minimum Gasteiger partial charge on any atom is -0.465 e. The highest BCUT2D eigenvalue weighted by molar-refractivity contribution is 5.78. The maximum Gasteiger partial charge on any atom is 0.408 e. The van der Waals surface area contributed by atoms with Crippen LogP contribution in [0.3, 0.4) is 0 Å². The van der Waals surface area contributed by atoms with Crippen molar-refractivity contribution >= 4 is 11.7 Å². The molecular weight excluding hydrogens is 288 g/mol. The van der Waals surface area contributed by atoms with E-state index in [1.807, 2.05) is 30.3 Å². The van der Waals surface area contributed by atoms with Crippen molar-refractivity contribution in [3.05, 3.63) is 77.4 Å². The van der Waals surface area contributed by atoms with Crippen LogP contribution in [0.2, 0.25) is 0 Å². The highest BCUT2D eigenvalue weighted by Crippen LogP contribution is 2.35. The van der Waals surface area contributed by atoms with E-state index in [1.165, 1.54) is 4.90 Å². The van der Waals surface area contributed by atoms with E-state index >= 15 is 0 Å². The van der Waals surface area contributed by atoms with Gasteiger partial charge in [0.2, 0.25) is 0 Å². The lowest BCUT2D eigenvalue weighted by molar-refractivity contribution is 0.144. The molecule has 112 valence electrons. The van der Waals surface area contributed by atoms with Crippen molar-refractivity contribution in [1.82, 2.24) is 4.90 Å². The zero-order valence-corrected chi connectivity index (χ0v) is 11.5. The summed E-state index contributed by atoms with van der Waals surface area (Å²) in [6.07, 6.45) is 0.568. The van der Waals surface area contributed by atoms with E-state index in [0.717, 1.165) is 23.8 Å². The number of hydrogen-bond acceptors (Lipinski definition) is 1. The van der Waals surface area contributed by atoms with Crippen LogP contribution in [0.15, 0.2) is 54.6 Å². The van der Waals surface area contributed by atoms with E-state index in [-0.39, 0.29) is 12.1 Å². The Morgan fingerprint density at radius 3 is 2.55 bits per heavy atom. The Labute approximate surface area is 126 Å². The summed E-state index contributed by atoms with van der Waals surface area (Å²) in [4.78, 5) is 12.6. The van der Waals surface area contributed by atoms with Gasteiger partial charge in [0.05, 0.1) is 12.6 Å². The first kappa shape index (κ1) is 14.3. The molecule has 0 aromatic heterocycles. The van der Waals surface area contributed by atoms with Crippen molar-refractivity contribution in [2.75, 3.05) is 6.54 Å². The summed E-state index contributed by atoms with van der Waals surface area (Å²) in [5.41, 5.74) is 1.36. The molecule has 0 aliphatic carbocycles. The monoisotopic (exact) mass is 301 g/mol. The van der Waals surface area contributed by atoms with Crippen molar-refractivity contribution in [3.63, 3.8) is 0 Å². The number of halogens is 2. The molecule has 1 aliphatic heterocycles. The fraction of sp³-hybridized carbons (Fsp3) is 0.118. The largest absolute Gasteiger partial charge is 0.465 e. The first-order valence-electron chi connectivity index (χ1n) is 6.77. The molecule has 1 aliphatic rings. The van der Waals surface area contributed by atoms with E-state index in [4.69, 9.17) is 0 Å². The van der Waals surface area contributed by atoms with Crippen LogP contribution >= 0.6 is 0 Å². The smallest absolute Gasteiger partial charge is 0.408 e. The zero-order chi connectivity index (χ0) is 15.7. The molecular formula is C17H13F2NO2. The van der Waals surface area contributed by atoms with Crippen LogP contribution < -0.4 is 0 Å². The van der Waals surface area contributed by atoms with E-state index in [1.54, 1.807) is 6.08 Å². The van der Waals surface area contributed by atoms with Crippen LogP contribution in [-0.4, -0.2) is 22.6 Å². The molecule has 1 heterocycles. The van der Waals surface area contributed by atoms with Crippen molar-refractivity contribution in [2.45, 2.75) is 6.04 Å². The summed E-state index contributed by atoms with van der Waals surface area (Å²) < 4.78 is 27.3. The Hall–Kier alpha value is -2.69. The third-order valence-electron chi connectivity index (χ3n) is 3.70. The molecule has 0 spiro atoms. The molecule has 5 heteroatoms. The summed E-state index contributed by atoms with van der Waals surface area (Å²) in [5, 5.41) is 9.36. The number of carboxylic acid groups (broad SMARTS) is 1. The Bertz CT molecular complexity index is 744. The molecule has 1 amide bonds. The van der Waals surface area contributed by atoms with E-state index < -0.39 is 23.8 Å².